The number of hydrogen-bond donors (Lipinski definition) is 0. The Labute approximate surface area is 203 Å². The lowest BCUT2D eigenvalue weighted by Crippen LogP contribution is -2.25. The topological polar surface area (TPSA) is 65.3 Å². The van der Waals surface area contributed by atoms with Gasteiger partial charge < -0.3 is 14.2 Å². The minimum atomic E-state index is -0.171. The third kappa shape index (κ3) is 5.32. The standard InChI is InChI=1S/C26H26ClN3O4/c1-32-22-11-19(12-23(33-2)26(22)34-3)15-29(14-18-7-5-4-6-8-18)17-21-13-25(31)30-16-20(27)9-10-24(30)28-21/h4-13,16H,14-15,17H2,1-3H3. The molecule has 4 aromatic rings. The summed E-state index contributed by atoms with van der Waals surface area (Å²) in [7, 11) is 4.78. The first-order chi connectivity index (χ1) is 16.5. The monoisotopic (exact) mass is 479 g/mol. The summed E-state index contributed by atoms with van der Waals surface area (Å²) >= 11 is 6.04. The van der Waals surface area contributed by atoms with Crippen molar-refractivity contribution >= 4 is 17.2 Å². The van der Waals surface area contributed by atoms with E-state index in [1.165, 1.54) is 4.40 Å². The Kier molecular flexibility index (Phi) is 7.35. The largest absolute Gasteiger partial charge is 0.493 e. The molecule has 0 atom stereocenters. The van der Waals surface area contributed by atoms with Crippen molar-refractivity contribution in [1.29, 1.82) is 0 Å². The van der Waals surface area contributed by atoms with Crippen molar-refractivity contribution in [3.63, 3.8) is 0 Å². The molecule has 0 saturated heterocycles. The number of benzene rings is 2. The van der Waals surface area contributed by atoms with Gasteiger partial charge in [-0.05, 0) is 35.4 Å². The molecule has 0 aliphatic carbocycles. The maximum absolute atomic E-state index is 12.7. The predicted molar refractivity (Wildman–Crippen MR) is 132 cm³/mol. The molecule has 0 unspecified atom stereocenters. The maximum atomic E-state index is 12.7. The molecule has 8 heteroatoms. The van der Waals surface area contributed by atoms with Crippen molar-refractivity contribution in [3.8, 4) is 17.2 Å². The number of nitrogens with zero attached hydrogens (tertiary/aromatic N) is 3. The molecule has 0 aliphatic rings. The van der Waals surface area contributed by atoms with Gasteiger partial charge in [0, 0.05) is 31.9 Å². The summed E-state index contributed by atoms with van der Waals surface area (Å²) in [5.74, 6) is 1.73. The number of rotatable bonds is 9. The molecule has 0 bridgehead atoms. The minimum absolute atomic E-state index is 0.171. The molecule has 176 valence electrons. The zero-order chi connectivity index (χ0) is 24.1. The minimum Gasteiger partial charge on any atom is -0.493 e. The van der Waals surface area contributed by atoms with Gasteiger partial charge in [-0.15, -0.1) is 0 Å². The molecule has 4 rings (SSSR count). The summed E-state index contributed by atoms with van der Waals surface area (Å²) in [5, 5.41) is 0.484. The van der Waals surface area contributed by atoms with Crippen molar-refractivity contribution in [3.05, 3.63) is 99.1 Å². The molecule has 34 heavy (non-hydrogen) atoms. The highest BCUT2D eigenvalue weighted by Gasteiger charge is 2.17. The third-order valence-electron chi connectivity index (χ3n) is 5.44. The molecule has 0 fully saturated rings. The summed E-state index contributed by atoms with van der Waals surface area (Å²) in [6.45, 7) is 1.71. The van der Waals surface area contributed by atoms with Gasteiger partial charge in [-0.1, -0.05) is 41.9 Å². The van der Waals surface area contributed by atoms with E-state index in [4.69, 9.17) is 25.8 Å². The van der Waals surface area contributed by atoms with Crippen LogP contribution in [0.4, 0.5) is 0 Å². The molecule has 0 saturated carbocycles. The molecular weight excluding hydrogens is 454 g/mol. The van der Waals surface area contributed by atoms with Crippen molar-refractivity contribution in [2.45, 2.75) is 19.6 Å². The second kappa shape index (κ2) is 10.6. The van der Waals surface area contributed by atoms with E-state index in [0.717, 1.165) is 11.1 Å². The second-order valence-electron chi connectivity index (χ2n) is 7.83. The molecule has 2 aromatic carbocycles. The van der Waals surface area contributed by atoms with Crippen molar-refractivity contribution in [2.75, 3.05) is 21.3 Å². The van der Waals surface area contributed by atoms with Crippen LogP contribution in [0.2, 0.25) is 5.02 Å². The number of methoxy groups -OCH3 is 3. The Morgan fingerprint density at radius 1 is 0.853 bits per heavy atom. The van der Waals surface area contributed by atoms with Crippen LogP contribution in [0.1, 0.15) is 16.8 Å². The van der Waals surface area contributed by atoms with Gasteiger partial charge in [0.2, 0.25) is 5.75 Å². The lowest BCUT2D eigenvalue weighted by molar-refractivity contribution is 0.243. The van der Waals surface area contributed by atoms with Gasteiger partial charge in [-0.2, -0.15) is 0 Å². The molecule has 0 aliphatic heterocycles. The van der Waals surface area contributed by atoms with Gasteiger partial charge in [-0.25, -0.2) is 4.98 Å². The normalized spacial score (nSPS) is 11.1. The number of halogens is 1. The number of pyridine rings is 1. The molecule has 7 nitrogen and oxygen atoms in total. The van der Waals surface area contributed by atoms with Gasteiger partial charge >= 0.3 is 0 Å². The zero-order valence-corrected chi connectivity index (χ0v) is 20.1. The third-order valence-corrected chi connectivity index (χ3v) is 5.67. The van der Waals surface area contributed by atoms with Crippen molar-refractivity contribution < 1.29 is 14.2 Å². The highest BCUT2D eigenvalue weighted by molar-refractivity contribution is 6.30. The average Bonchev–Trinajstić information content (AvgIpc) is 2.84. The van der Waals surface area contributed by atoms with E-state index in [9.17, 15) is 4.79 Å². The molecular formula is C26H26ClN3O4. The summed E-state index contributed by atoms with van der Waals surface area (Å²) < 4.78 is 17.9. The van der Waals surface area contributed by atoms with E-state index in [2.05, 4.69) is 22.0 Å². The molecule has 2 aromatic heterocycles. The van der Waals surface area contributed by atoms with Crippen LogP contribution in [0.15, 0.2) is 71.7 Å². The lowest BCUT2D eigenvalue weighted by atomic mass is 10.1. The SMILES string of the molecule is COc1cc(CN(Cc2ccccc2)Cc2cc(=O)n3cc(Cl)ccc3n2)cc(OC)c1OC. The molecule has 0 spiro atoms. The molecule has 0 N–H and O–H groups in total. The van der Waals surface area contributed by atoms with Gasteiger partial charge in [-0.3, -0.25) is 14.1 Å². The van der Waals surface area contributed by atoms with Crippen LogP contribution in [0.25, 0.3) is 5.65 Å². The first kappa shape index (κ1) is 23.6. The first-order valence-electron chi connectivity index (χ1n) is 10.7. The lowest BCUT2D eigenvalue weighted by Gasteiger charge is -2.23. The van der Waals surface area contributed by atoms with Crippen LogP contribution in [0, 0.1) is 0 Å². The Morgan fingerprint density at radius 3 is 2.18 bits per heavy atom. The summed E-state index contributed by atoms with van der Waals surface area (Å²) in [4.78, 5) is 19.6. The van der Waals surface area contributed by atoms with Gasteiger partial charge in [0.1, 0.15) is 5.65 Å². The zero-order valence-electron chi connectivity index (χ0n) is 19.3. The van der Waals surface area contributed by atoms with E-state index < -0.39 is 0 Å². The van der Waals surface area contributed by atoms with Crippen LogP contribution >= 0.6 is 11.6 Å². The second-order valence-corrected chi connectivity index (χ2v) is 8.26. The first-order valence-corrected chi connectivity index (χ1v) is 11.1. The van der Waals surface area contributed by atoms with E-state index in [0.29, 0.717) is 53.2 Å². The Balaban J connectivity index is 1.69. The van der Waals surface area contributed by atoms with E-state index in [1.807, 2.05) is 30.3 Å². The predicted octanol–water partition coefficient (Wildman–Crippen LogP) is 4.58. The van der Waals surface area contributed by atoms with Gasteiger partial charge in [0.15, 0.2) is 11.5 Å². The quantitative estimate of drug-likeness (QED) is 0.350. The number of aromatic nitrogens is 2. The fourth-order valence-electron chi connectivity index (χ4n) is 3.93. The van der Waals surface area contributed by atoms with E-state index >= 15 is 0 Å². The maximum Gasteiger partial charge on any atom is 0.258 e. The van der Waals surface area contributed by atoms with Crippen LogP contribution in [-0.4, -0.2) is 35.6 Å². The van der Waals surface area contributed by atoms with E-state index in [1.54, 1.807) is 45.7 Å². The summed E-state index contributed by atoms with van der Waals surface area (Å²) in [6.07, 6.45) is 1.58. The summed E-state index contributed by atoms with van der Waals surface area (Å²) in [5.41, 5.74) is 3.19. The van der Waals surface area contributed by atoms with Crippen LogP contribution < -0.4 is 19.8 Å². The van der Waals surface area contributed by atoms with E-state index in [-0.39, 0.29) is 5.56 Å². The number of hydrogen-bond acceptors (Lipinski definition) is 6. The molecule has 0 radical (unpaired) electrons. The fraction of sp³-hybridized carbons (Fsp3) is 0.231. The Hall–Kier alpha value is -3.55. The highest BCUT2D eigenvalue weighted by atomic mass is 35.5. The fourth-order valence-corrected chi connectivity index (χ4v) is 4.09. The average molecular weight is 480 g/mol. The number of fused-ring (bicyclic) bond motifs is 1. The van der Waals surface area contributed by atoms with Gasteiger partial charge in [0.05, 0.1) is 32.0 Å². The molecule has 2 heterocycles. The highest BCUT2D eigenvalue weighted by Crippen LogP contribution is 2.38. The Bertz CT molecular complexity index is 1320. The number of ether oxygens (including phenoxy) is 3. The smallest absolute Gasteiger partial charge is 0.258 e. The van der Waals surface area contributed by atoms with Crippen molar-refractivity contribution in [1.82, 2.24) is 14.3 Å². The Morgan fingerprint density at radius 2 is 1.53 bits per heavy atom. The van der Waals surface area contributed by atoms with Crippen LogP contribution in [-0.2, 0) is 19.6 Å². The van der Waals surface area contributed by atoms with Crippen LogP contribution in [0.5, 0.6) is 17.2 Å². The summed E-state index contributed by atoms with van der Waals surface area (Å²) in [6, 6.07) is 19.1. The van der Waals surface area contributed by atoms with Gasteiger partial charge in [0.25, 0.3) is 5.56 Å². The van der Waals surface area contributed by atoms with Crippen LogP contribution in [0.3, 0.4) is 0 Å². The van der Waals surface area contributed by atoms with Crippen molar-refractivity contribution in [2.24, 2.45) is 0 Å². The molecule has 0 amide bonds.